The minimum absolute atomic E-state index is 0.198. The highest BCUT2D eigenvalue weighted by Crippen LogP contribution is 2.24. The summed E-state index contributed by atoms with van der Waals surface area (Å²) in [6.45, 7) is 6.74. The van der Waals surface area contributed by atoms with Crippen LogP contribution in [0.1, 0.15) is 37.7 Å². The highest BCUT2D eigenvalue weighted by atomic mass is 14.9. The molecule has 0 radical (unpaired) electrons. The summed E-state index contributed by atoms with van der Waals surface area (Å²) in [6, 6.07) is 19.4. The number of hydrogen-bond acceptors (Lipinski definition) is 2. The second-order valence-electron chi connectivity index (χ2n) is 8.10. The fourth-order valence-electron chi connectivity index (χ4n) is 3.34. The van der Waals surface area contributed by atoms with Crippen molar-refractivity contribution in [3.8, 4) is 11.1 Å². The number of pyridine rings is 1. The molecule has 4 aromatic rings. The summed E-state index contributed by atoms with van der Waals surface area (Å²) in [5.74, 6) is 1.04. The van der Waals surface area contributed by atoms with E-state index in [1.54, 1.807) is 0 Å². The maximum Gasteiger partial charge on any atom is 0.107 e. The number of rotatable bonds is 4. The molecule has 0 unspecified atom stereocenters. The van der Waals surface area contributed by atoms with Gasteiger partial charge in [-0.3, -0.25) is 4.98 Å². The van der Waals surface area contributed by atoms with Gasteiger partial charge >= 0.3 is 0 Å². The van der Waals surface area contributed by atoms with Crippen molar-refractivity contribution in [1.82, 2.24) is 15.0 Å². The summed E-state index contributed by atoms with van der Waals surface area (Å²) >= 11 is 0. The predicted octanol–water partition coefficient (Wildman–Crippen LogP) is 5.71. The van der Waals surface area contributed by atoms with Crippen LogP contribution in [-0.4, -0.2) is 15.0 Å². The minimum Gasteiger partial charge on any atom is -0.342 e. The number of H-pyrrole nitrogens is 1. The van der Waals surface area contributed by atoms with E-state index in [0.29, 0.717) is 0 Å². The topological polar surface area (TPSA) is 41.6 Å². The molecule has 27 heavy (non-hydrogen) atoms. The summed E-state index contributed by atoms with van der Waals surface area (Å²) in [5.41, 5.74) is 7.37. The molecule has 0 aliphatic rings. The first-order valence-electron chi connectivity index (χ1n) is 9.47. The number of fused-ring (bicyclic) bond motifs is 1. The van der Waals surface area contributed by atoms with Gasteiger partial charge < -0.3 is 4.98 Å². The fourth-order valence-corrected chi connectivity index (χ4v) is 3.34. The molecule has 3 nitrogen and oxygen atoms in total. The smallest absolute Gasteiger partial charge is 0.107 e. The van der Waals surface area contributed by atoms with Crippen LogP contribution in [-0.2, 0) is 18.3 Å². The summed E-state index contributed by atoms with van der Waals surface area (Å²) in [4.78, 5) is 12.3. The van der Waals surface area contributed by atoms with Crippen LogP contribution in [0.15, 0.2) is 67.0 Å². The molecule has 0 saturated heterocycles. The molecule has 0 spiro atoms. The Balaban J connectivity index is 1.49. The standard InChI is InChI=1S/C24H25N3/c1-24(2,3)20-8-4-17(5-9-20)6-11-23-26-21-10-7-19(16-22(21)27-23)18-12-14-25-15-13-18/h4-5,7-10,12-16H,6,11H2,1-3H3,(H,26,27). The van der Waals surface area contributed by atoms with Gasteiger partial charge in [0.25, 0.3) is 0 Å². The molecule has 2 aromatic carbocycles. The normalized spacial score (nSPS) is 11.8. The van der Waals surface area contributed by atoms with Crippen LogP contribution in [0.3, 0.4) is 0 Å². The Morgan fingerprint density at radius 3 is 2.26 bits per heavy atom. The molecule has 0 aliphatic heterocycles. The lowest BCUT2D eigenvalue weighted by Gasteiger charge is -2.19. The van der Waals surface area contributed by atoms with E-state index < -0.39 is 0 Å². The van der Waals surface area contributed by atoms with Crippen LogP contribution in [0.4, 0.5) is 0 Å². The van der Waals surface area contributed by atoms with E-state index in [0.717, 1.165) is 29.7 Å². The average molecular weight is 355 g/mol. The second kappa shape index (κ2) is 6.99. The van der Waals surface area contributed by atoms with Crippen LogP contribution in [0, 0.1) is 0 Å². The molecule has 0 fully saturated rings. The van der Waals surface area contributed by atoms with Gasteiger partial charge in [0, 0.05) is 18.8 Å². The van der Waals surface area contributed by atoms with E-state index in [1.807, 2.05) is 24.5 Å². The van der Waals surface area contributed by atoms with Crippen molar-refractivity contribution in [1.29, 1.82) is 0 Å². The highest BCUT2D eigenvalue weighted by molar-refractivity contribution is 5.81. The van der Waals surface area contributed by atoms with Gasteiger partial charge in [-0.1, -0.05) is 51.1 Å². The van der Waals surface area contributed by atoms with Gasteiger partial charge in [0.1, 0.15) is 5.82 Å². The van der Waals surface area contributed by atoms with Crippen molar-refractivity contribution in [2.75, 3.05) is 0 Å². The van der Waals surface area contributed by atoms with Crippen LogP contribution in [0.2, 0.25) is 0 Å². The number of aromatic nitrogens is 3. The Kier molecular flexibility index (Phi) is 4.53. The average Bonchev–Trinajstić information content (AvgIpc) is 3.09. The van der Waals surface area contributed by atoms with E-state index in [2.05, 4.69) is 73.2 Å². The fraction of sp³-hybridized carbons (Fsp3) is 0.250. The Morgan fingerprint density at radius 1 is 0.815 bits per heavy atom. The van der Waals surface area contributed by atoms with Crippen molar-refractivity contribution in [3.05, 3.63) is 83.9 Å². The Bertz CT molecular complexity index is 1040. The van der Waals surface area contributed by atoms with Gasteiger partial charge in [0.05, 0.1) is 11.0 Å². The Morgan fingerprint density at radius 2 is 1.56 bits per heavy atom. The zero-order chi connectivity index (χ0) is 18.9. The second-order valence-corrected chi connectivity index (χ2v) is 8.10. The zero-order valence-electron chi connectivity index (χ0n) is 16.2. The van der Waals surface area contributed by atoms with Crippen LogP contribution in [0.25, 0.3) is 22.2 Å². The molecule has 1 N–H and O–H groups in total. The van der Waals surface area contributed by atoms with Gasteiger partial charge in [-0.15, -0.1) is 0 Å². The van der Waals surface area contributed by atoms with E-state index >= 15 is 0 Å². The van der Waals surface area contributed by atoms with Crippen LogP contribution >= 0.6 is 0 Å². The lowest BCUT2D eigenvalue weighted by Crippen LogP contribution is -2.10. The van der Waals surface area contributed by atoms with Crippen molar-refractivity contribution in [3.63, 3.8) is 0 Å². The lowest BCUT2D eigenvalue weighted by molar-refractivity contribution is 0.590. The van der Waals surface area contributed by atoms with Crippen molar-refractivity contribution in [2.45, 2.75) is 39.0 Å². The van der Waals surface area contributed by atoms with Gasteiger partial charge in [0.15, 0.2) is 0 Å². The third kappa shape index (κ3) is 3.92. The molecular formula is C24H25N3. The molecule has 0 amide bonds. The lowest BCUT2D eigenvalue weighted by atomic mass is 9.86. The van der Waals surface area contributed by atoms with E-state index in [9.17, 15) is 0 Å². The van der Waals surface area contributed by atoms with Gasteiger partial charge in [-0.2, -0.15) is 0 Å². The number of nitrogens with one attached hydrogen (secondary N) is 1. The maximum atomic E-state index is 4.75. The van der Waals surface area contributed by atoms with Crippen LogP contribution in [0.5, 0.6) is 0 Å². The zero-order valence-corrected chi connectivity index (χ0v) is 16.2. The summed E-state index contributed by atoms with van der Waals surface area (Å²) in [6.07, 6.45) is 5.54. The van der Waals surface area contributed by atoms with Crippen LogP contribution < -0.4 is 0 Å². The highest BCUT2D eigenvalue weighted by Gasteiger charge is 2.13. The maximum absolute atomic E-state index is 4.75. The molecule has 2 heterocycles. The molecule has 0 aliphatic carbocycles. The first kappa shape index (κ1) is 17.5. The quantitative estimate of drug-likeness (QED) is 0.509. The Hall–Kier alpha value is -2.94. The van der Waals surface area contributed by atoms with Crippen molar-refractivity contribution < 1.29 is 0 Å². The van der Waals surface area contributed by atoms with Gasteiger partial charge in [-0.05, 0) is 58.4 Å². The largest absolute Gasteiger partial charge is 0.342 e. The molecule has 136 valence electrons. The van der Waals surface area contributed by atoms with E-state index in [-0.39, 0.29) is 5.41 Å². The number of nitrogens with zero attached hydrogens (tertiary/aromatic N) is 2. The molecular weight excluding hydrogens is 330 g/mol. The predicted molar refractivity (Wildman–Crippen MR) is 112 cm³/mol. The summed E-state index contributed by atoms with van der Waals surface area (Å²) < 4.78 is 0. The molecule has 3 heteroatoms. The number of benzene rings is 2. The first-order chi connectivity index (χ1) is 13.0. The van der Waals surface area contributed by atoms with E-state index in [1.165, 1.54) is 22.3 Å². The number of aromatic amines is 1. The molecule has 0 atom stereocenters. The molecule has 0 bridgehead atoms. The summed E-state index contributed by atoms with van der Waals surface area (Å²) in [5, 5.41) is 0. The Labute approximate surface area is 160 Å². The first-order valence-corrected chi connectivity index (χ1v) is 9.47. The van der Waals surface area contributed by atoms with Gasteiger partial charge in [-0.25, -0.2) is 4.98 Å². The number of imidazole rings is 1. The molecule has 4 rings (SSSR count). The van der Waals surface area contributed by atoms with Crippen molar-refractivity contribution >= 4 is 11.0 Å². The third-order valence-corrected chi connectivity index (χ3v) is 5.02. The molecule has 0 saturated carbocycles. The number of aryl methyl sites for hydroxylation is 2. The van der Waals surface area contributed by atoms with Gasteiger partial charge in [0.2, 0.25) is 0 Å². The molecule has 2 aromatic heterocycles. The minimum atomic E-state index is 0.198. The SMILES string of the molecule is CC(C)(C)c1ccc(CCc2nc3ccc(-c4ccncc4)cc3[nH]2)cc1. The third-order valence-electron chi connectivity index (χ3n) is 5.02. The summed E-state index contributed by atoms with van der Waals surface area (Å²) in [7, 11) is 0. The monoisotopic (exact) mass is 355 g/mol. The van der Waals surface area contributed by atoms with Crippen molar-refractivity contribution in [2.24, 2.45) is 0 Å². The van der Waals surface area contributed by atoms with E-state index in [4.69, 9.17) is 4.98 Å². The number of hydrogen-bond donors (Lipinski definition) is 1.